The maximum absolute atomic E-state index is 13.6. The van der Waals surface area contributed by atoms with Crippen molar-refractivity contribution in [1.82, 2.24) is 14.2 Å². The molecule has 3 fully saturated rings. The van der Waals surface area contributed by atoms with E-state index in [4.69, 9.17) is 9.47 Å². The number of ether oxygens (including phenoxy) is 2. The molecule has 250 valence electrons. The number of aryl methyl sites for hydroxylation is 1. The van der Waals surface area contributed by atoms with E-state index in [0.29, 0.717) is 61.9 Å². The number of hydrogen-bond donors (Lipinski definition) is 3. The minimum absolute atomic E-state index is 0.0447. The van der Waals surface area contributed by atoms with Crippen LogP contribution in [0.2, 0.25) is 0 Å². The highest BCUT2D eigenvalue weighted by molar-refractivity contribution is 7.93. The number of fused-ring (bicyclic) bond motifs is 1. The van der Waals surface area contributed by atoms with Gasteiger partial charge in [0.15, 0.2) is 9.84 Å². The molecule has 1 aromatic heterocycles. The Hall–Kier alpha value is -2.85. The number of piperidine rings is 1. The van der Waals surface area contributed by atoms with Crippen LogP contribution < -0.4 is 15.5 Å². The van der Waals surface area contributed by atoms with E-state index in [9.17, 15) is 31.8 Å². The summed E-state index contributed by atoms with van der Waals surface area (Å²) in [4.78, 5) is 13.1. The van der Waals surface area contributed by atoms with Gasteiger partial charge in [0.1, 0.15) is 23.4 Å². The Bertz CT molecular complexity index is 1860. The molecule has 0 bridgehead atoms. The van der Waals surface area contributed by atoms with Crippen LogP contribution in [0.1, 0.15) is 39.0 Å². The molecule has 3 aliphatic rings. The highest BCUT2D eigenvalue weighted by Crippen LogP contribution is 2.46. The smallest absolute Gasteiger partial charge is 0.248 e. The summed E-state index contributed by atoms with van der Waals surface area (Å²) in [5.41, 5.74) is -0.278. The summed E-state index contributed by atoms with van der Waals surface area (Å²) >= 11 is 0. The lowest BCUT2D eigenvalue weighted by molar-refractivity contribution is -0.0312. The Labute approximate surface area is 268 Å². The van der Waals surface area contributed by atoms with E-state index in [0.717, 1.165) is 0 Å². The minimum atomic E-state index is -4.01. The highest BCUT2D eigenvalue weighted by atomic mass is 32.2. The van der Waals surface area contributed by atoms with Gasteiger partial charge in [-0.1, -0.05) is 18.2 Å². The molecular weight excluding hydrogens is 634 g/mol. The second kappa shape index (κ2) is 12.6. The SMILES string of the molecule is CCn1cc(S(=O)(=O)N2CCC3(CC2)C[C@H](NC[C@H](O)COc2cccc(S(=O)(=O)C4(CO)CC4)c2)CO3)c(=O)c2ccccc21. The van der Waals surface area contributed by atoms with Gasteiger partial charge in [0, 0.05) is 43.8 Å². The minimum Gasteiger partial charge on any atom is -0.491 e. The lowest BCUT2D eigenvalue weighted by Gasteiger charge is -2.38. The van der Waals surface area contributed by atoms with Crippen LogP contribution in [-0.2, 0) is 31.1 Å². The largest absolute Gasteiger partial charge is 0.491 e. The third-order valence-electron chi connectivity index (χ3n) is 9.62. The van der Waals surface area contributed by atoms with Crippen molar-refractivity contribution in [3.8, 4) is 5.75 Å². The lowest BCUT2D eigenvalue weighted by atomic mass is 9.88. The number of nitrogens with one attached hydrogen (secondary N) is 1. The van der Waals surface area contributed by atoms with E-state index >= 15 is 0 Å². The number of sulfone groups is 1. The molecule has 2 atom stereocenters. The van der Waals surface area contributed by atoms with Crippen molar-refractivity contribution in [2.45, 2.75) is 77.9 Å². The summed E-state index contributed by atoms with van der Waals surface area (Å²) in [5, 5.41) is 23.8. The van der Waals surface area contributed by atoms with Gasteiger partial charge in [0.2, 0.25) is 15.5 Å². The van der Waals surface area contributed by atoms with Crippen molar-refractivity contribution in [2.24, 2.45) is 0 Å². The number of benzene rings is 2. The number of aliphatic hydroxyl groups excluding tert-OH is 2. The maximum Gasteiger partial charge on any atom is 0.248 e. The zero-order valence-corrected chi connectivity index (χ0v) is 27.4. The Kier molecular flexibility index (Phi) is 9.08. The van der Waals surface area contributed by atoms with Crippen LogP contribution >= 0.6 is 0 Å². The monoisotopic (exact) mass is 675 g/mol. The zero-order valence-electron chi connectivity index (χ0n) is 25.8. The van der Waals surface area contributed by atoms with E-state index in [1.165, 1.54) is 22.6 Å². The quantitative estimate of drug-likeness (QED) is 0.257. The van der Waals surface area contributed by atoms with Gasteiger partial charge in [-0.2, -0.15) is 4.31 Å². The van der Waals surface area contributed by atoms with Crippen molar-refractivity contribution in [3.05, 3.63) is 65.0 Å². The number of rotatable bonds is 12. The molecule has 12 nitrogen and oxygen atoms in total. The van der Waals surface area contributed by atoms with Crippen LogP contribution in [0, 0.1) is 0 Å². The fourth-order valence-corrected chi connectivity index (χ4v) is 9.93. The maximum atomic E-state index is 13.6. The second-order valence-electron chi connectivity index (χ2n) is 12.6. The molecule has 1 spiro atoms. The average Bonchev–Trinajstić information content (AvgIpc) is 3.79. The van der Waals surface area contributed by atoms with Gasteiger partial charge in [-0.3, -0.25) is 4.79 Å². The van der Waals surface area contributed by atoms with E-state index in [1.807, 2.05) is 19.1 Å². The van der Waals surface area contributed by atoms with Crippen LogP contribution in [-0.4, -0.2) is 97.9 Å². The van der Waals surface area contributed by atoms with Crippen LogP contribution in [0.5, 0.6) is 5.75 Å². The first-order valence-corrected chi connectivity index (χ1v) is 18.6. The molecule has 3 heterocycles. The van der Waals surface area contributed by atoms with Crippen molar-refractivity contribution < 1.29 is 36.5 Å². The number of sulfonamides is 1. The highest BCUT2D eigenvalue weighted by Gasteiger charge is 2.54. The third kappa shape index (κ3) is 6.12. The molecule has 2 aliphatic heterocycles. The van der Waals surface area contributed by atoms with Gasteiger partial charge in [0.25, 0.3) is 0 Å². The molecule has 3 N–H and O–H groups in total. The van der Waals surface area contributed by atoms with Gasteiger partial charge >= 0.3 is 0 Å². The first-order valence-electron chi connectivity index (χ1n) is 15.7. The normalized spacial score (nSPS) is 21.8. The molecular formula is C32H41N3O9S2. The Morgan fingerprint density at radius 3 is 2.50 bits per heavy atom. The van der Waals surface area contributed by atoms with Gasteiger partial charge in [-0.05, 0) is 69.4 Å². The predicted molar refractivity (Wildman–Crippen MR) is 171 cm³/mol. The zero-order chi connectivity index (χ0) is 32.7. The summed E-state index contributed by atoms with van der Waals surface area (Å²) in [6.07, 6.45) is 3.06. The molecule has 1 saturated carbocycles. The fraction of sp³-hybridized carbons (Fsp3) is 0.531. The summed E-state index contributed by atoms with van der Waals surface area (Å²) in [5.74, 6) is 0.316. The Balaban J connectivity index is 1.00. The number of nitrogens with zero attached hydrogens (tertiary/aromatic N) is 2. The summed E-state index contributed by atoms with van der Waals surface area (Å²) < 4.78 is 67.0. The average molecular weight is 676 g/mol. The first-order chi connectivity index (χ1) is 21.9. The van der Waals surface area contributed by atoms with Crippen molar-refractivity contribution in [2.75, 3.05) is 39.5 Å². The lowest BCUT2D eigenvalue weighted by Crippen LogP contribution is -2.47. The number of pyridine rings is 1. The van der Waals surface area contributed by atoms with Crippen LogP contribution in [0.4, 0.5) is 0 Å². The molecule has 0 amide bonds. The Morgan fingerprint density at radius 2 is 1.80 bits per heavy atom. The van der Waals surface area contributed by atoms with Crippen molar-refractivity contribution in [3.63, 3.8) is 0 Å². The van der Waals surface area contributed by atoms with E-state index in [2.05, 4.69) is 5.32 Å². The van der Waals surface area contributed by atoms with Crippen LogP contribution in [0.15, 0.2) is 69.3 Å². The second-order valence-corrected chi connectivity index (χ2v) is 16.9. The van der Waals surface area contributed by atoms with Gasteiger partial charge in [0.05, 0.1) is 34.0 Å². The standard InChI is InChI=1S/C32H41N3O9S2/c1-2-34-19-29(30(38)27-8-3-4-9-28(27)34)46(41,42)35-14-12-31(13-15-35)17-23(20-44-31)33-18-24(37)21-43-25-6-5-7-26(16-25)45(39,40)32(22-36)10-11-32/h3-9,16,19,23-24,33,36-37H,2,10-15,17-18,20-22H2,1H3/t23-,24-/m0/s1. The van der Waals surface area contributed by atoms with Crippen molar-refractivity contribution in [1.29, 1.82) is 0 Å². The van der Waals surface area contributed by atoms with E-state index in [-0.39, 0.29) is 42.1 Å². The number of aromatic nitrogens is 1. The Morgan fingerprint density at radius 1 is 1.07 bits per heavy atom. The molecule has 1 aliphatic carbocycles. The molecule has 46 heavy (non-hydrogen) atoms. The van der Waals surface area contributed by atoms with Gasteiger partial charge < -0.3 is 29.6 Å². The first kappa shape index (κ1) is 33.1. The molecule has 0 radical (unpaired) electrons. The summed E-state index contributed by atoms with van der Waals surface area (Å²) in [6, 6.07) is 13.1. The molecule has 2 saturated heterocycles. The van der Waals surface area contributed by atoms with Crippen LogP contribution in [0.25, 0.3) is 10.9 Å². The van der Waals surface area contributed by atoms with E-state index in [1.54, 1.807) is 28.8 Å². The van der Waals surface area contributed by atoms with Gasteiger partial charge in [-0.25, -0.2) is 16.8 Å². The van der Waals surface area contributed by atoms with E-state index < -0.39 is 48.3 Å². The fourth-order valence-electron chi connectivity index (χ4n) is 6.55. The topological polar surface area (TPSA) is 164 Å². The molecule has 14 heteroatoms. The number of para-hydroxylation sites is 1. The molecule has 6 rings (SSSR count). The molecule has 3 aromatic rings. The van der Waals surface area contributed by atoms with Crippen LogP contribution in [0.3, 0.4) is 0 Å². The molecule has 2 aromatic carbocycles. The number of hydrogen-bond acceptors (Lipinski definition) is 10. The van der Waals surface area contributed by atoms with Gasteiger partial charge in [-0.15, -0.1) is 0 Å². The van der Waals surface area contributed by atoms with Crippen molar-refractivity contribution >= 4 is 30.8 Å². The predicted octanol–water partition coefficient (Wildman–Crippen LogP) is 1.66. The summed E-state index contributed by atoms with van der Waals surface area (Å²) in [6.45, 7) is 3.07. The summed E-state index contributed by atoms with van der Waals surface area (Å²) in [7, 11) is -7.69. The molecule has 0 unspecified atom stereocenters. The third-order valence-corrected chi connectivity index (χ3v) is 14.1. The number of aliphatic hydroxyl groups is 2.